The number of amides is 3. The number of carboxylic acid groups (broad SMARTS) is 1. The summed E-state index contributed by atoms with van der Waals surface area (Å²) in [4.78, 5) is 47.6. The molecule has 1 saturated heterocycles. The van der Waals surface area contributed by atoms with Crippen molar-refractivity contribution >= 4 is 138 Å². The molecule has 1 fully saturated rings. The Hall–Kier alpha value is -0.397. The van der Waals surface area contributed by atoms with Gasteiger partial charge >= 0.3 is 109 Å². The topological polar surface area (TPSA) is 184 Å². The van der Waals surface area contributed by atoms with Gasteiger partial charge in [-0.05, 0) is 35.4 Å². The van der Waals surface area contributed by atoms with Crippen LogP contribution in [0.5, 0.6) is 0 Å². The summed E-state index contributed by atoms with van der Waals surface area (Å²) in [6.45, 7) is 0. The summed E-state index contributed by atoms with van der Waals surface area (Å²) >= 11 is 1.15. The molecule has 0 radical (unpaired) electrons. The van der Waals surface area contributed by atoms with E-state index in [1.165, 1.54) is 41.3 Å². The first-order chi connectivity index (χ1) is 16.5. The van der Waals surface area contributed by atoms with E-state index in [1.54, 1.807) is 12.1 Å². The fourth-order valence-corrected chi connectivity index (χ4v) is 6.05. The standard InChI is InChI=1S/C24H23N3O7S.2K.2H/c25-21(31)14-5-1-12(2-6-14)16(28)9-18-20(23(33)34)27-19(30)11-24(27,35-18)10-17(29)13-3-7-15(8-4-13)22(26)32;;;;/h1-8,16-17,28-29H,9-11H2,(H2,25,31)(H2,26,32)(H,33,34);;;;/t16-,17-,24?;;;;/m0..../s1. The zero-order valence-corrected chi connectivity index (χ0v) is 19.2. The Morgan fingerprint density at radius 1 is 0.892 bits per heavy atom. The number of rotatable bonds is 9. The molecule has 2 aromatic carbocycles. The Bertz CT molecular complexity index is 1250. The van der Waals surface area contributed by atoms with Crippen molar-refractivity contribution in [3.63, 3.8) is 0 Å². The molecule has 3 amide bonds. The van der Waals surface area contributed by atoms with Gasteiger partial charge in [0.15, 0.2) is 0 Å². The van der Waals surface area contributed by atoms with E-state index < -0.39 is 34.9 Å². The molecule has 2 aromatic rings. The van der Waals surface area contributed by atoms with E-state index in [1.807, 2.05) is 0 Å². The molecule has 3 atom stereocenters. The van der Waals surface area contributed by atoms with Crippen molar-refractivity contribution in [2.75, 3.05) is 0 Å². The minimum atomic E-state index is -1.31. The number of β-lactam (4-membered cyclic amide) rings is 1. The number of aliphatic hydroxyl groups excluding tert-OH is 2. The average Bonchev–Trinajstić information content (AvgIpc) is 3.06. The fraction of sp³-hybridized carbons (Fsp3) is 0.250. The molecule has 37 heavy (non-hydrogen) atoms. The second kappa shape index (κ2) is 13.3. The molecule has 2 aliphatic rings. The Kier molecular flexibility index (Phi) is 11.8. The number of benzene rings is 2. The van der Waals surface area contributed by atoms with Gasteiger partial charge in [-0.1, -0.05) is 36.0 Å². The van der Waals surface area contributed by atoms with Crippen LogP contribution < -0.4 is 11.5 Å². The Morgan fingerprint density at radius 2 is 1.35 bits per heavy atom. The van der Waals surface area contributed by atoms with Crippen LogP contribution >= 0.6 is 11.8 Å². The van der Waals surface area contributed by atoms with Gasteiger partial charge in [0, 0.05) is 28.9 Å². The number of aliphatic carboxylic acids is 1. The maximum absolute atomic E-state index is 12.4. The summed E-state index contributed by atoms with van der Waals surface area (Å²) in [5, 5.41) is 31.4. The molecular weight excluding hydrogens is 553 g/mol. The molecular formula is C24H25K2N3O7S. The predicted octanol–water partition coefficient (Wildman–Crippen LogP) is 0.106. The summed E-state index contributed by atoms with van der Waals surface area (Å²) in [6, 6.07) is 12.1. The van der Waals surface area contributed by atoms with Crippen molar-refractivity contribution in [2.24, 2.45) is 11.5 Å². The van der Waals surface area contributed by atoms with Gasteiger partial charge in [-0.2, -0.15) is 0 Å². The normalized spacial score (nSPS) is 19.6. The molecule has 0 saturated carbocycles. The van der Waals surface area contributed by atoms with E-state index in [9.17, 15) is 34.5 Å². The molecule has 13 heteroatoms. The van der Waals surface area contributed by atoms with Gasteiger partial charge < -0.3 is 26.8 Å². The van der Waals surface area contributed by atoms with Gasteiger partial charge in [-0.3, -0.25) is 19.3 Å². The number of carboxylic acids is 1. The second-order valence-corrected chi connectivity index (χ2v) is 9.90. The van der Waals surface area contributed by atoms with Gasteiger partial charge in [-0.25, -0.2) is 4.79 Å². The summed E-state index contributed by atoms with van der Waals surface area (Å²) in [5.41, 5.74) is 11.8. The van der Waals surface area contributed by atoms with Crippen molar-refractivity contribution in [3.05, 3.63) is 81.4 Å². The quantitative estimate of drug-likeness (QED) is 0.205. The van der Waals surface area contributed by atoms with Crippen LogP contribution in [-0.2, 0) is 9.59 Å². The molecule has 1 unspecified atom stereocenters. The van der Waals surface area contributed by atoms with Crippen molar-refractivity contribution in [3.8, 4) is 0 Å². The van der Waals surface area contributed by atoms with Crippen LogP contribution in [0.2, 0.25) is 0 Å². The van der Waals surface area contributed by atoms with Gasteiger partial charge in [0.05, 0.1) is 18.6 Å². The van der Waals surface area contributed by atoms with E-state index in [0.29, 0.717) is 16.0 Å². The monoisotopic (exact) mass is 577 g/mol. The summed E-state index contributed by atoms with van der Waals surface area (Å²) < 4.78 is 0. The third-order valence-corrected chi connectivity index (χ3v) is 7.62. The van der Waals surface area contributed by atoms with Crippen LogP contribution in [0.25, 0.3) is 0 Å². The first-order valence-corrected chi connectivity index (χ1v) is 11.5. The first kappa shape index (κ1) is 32.8. The van der Waals surface area contributed by atoms with Crippen LogP contribution in [0.15, 0.2) is 59.1 Å². The molecule has 0 bridgehead atoms. The van der Waals surface area contributed by atoms with Crippen LogP contribution in [-0.4, -0.2) is 152 Å². The van der Waals surface area contributed by atoms with Crippen LogP contribution in [0.3, 0.4) is 0 Å². The minimum absolute atomic E-state index is 0. The molecule has 2 aliphatic heterocycles. The van der Waals surface area contributed by atoms with Crippen LogP contribution in [0.1, 0.15) is 63.3 Å². The third-order valence-electron chi connectivity index (χ3n) is 6.14. The number of thioether (sulfide) groups is 1. The van der Waals surface area contributed by atoms with E-state index in [0.717, 1.165) is 11.8 Å². The molecule has 2 heterocycles. The molecule has 0 spiro atoms. The summed E-state index contributed by atoms with van der Waals surface area (Å²) in [6.07, 6.45) is -2.13. The van der Waals surface area contributed by atoms with Gasteiger partial charge in [0.2, 0.25) is 17.7 Å². The van der Waals surface area contributed by atoms with Gasteiger partial charge in [-0.15, -0.1) is 0 Å². The van der Waals surface area contributed by atoms with E-state index >= 15 is 0 Å². The number of hydrogen-bond acceptors (Lipinski definition) is 7. The molecule has 7 N–H and O–H groups in total. The summed E-state index contributed by atoms with van der Waals surface area (Å²) in [5.74, 6) is -2.91. The SMILES string of the molecule is NC(=O)c1ccc([C@@H](O)CC2=C(C(=O)O)N3C(=O)CC3(C[C@H](O)c3ccc(C(N)=O)cc3)S2)cc1.[KH].[KH]. The predicted molar refractivity (Wildman–Crippen MR) is 140 cm³/mol. The van der Waals surface area contributed by atoms with Crippen LogP contribution in [0, 0.1) is 0 Å². The summed E-state index contributed by atoms with van der Waals surface area (Å²) in [7, 11) is 0. The van der Waals surface area contributed by atoms with E-state index in [4.69, 9.17) is 11.5 Å². The number of fused-ring (bicyclic) bond motifs is 1. The van der Waals surface area contributed by atoms with Crippen molar-refractivity contribution in [2.45, 2.75) is 36.3 Å². The maximum atomic E-state index is 12.4. The number of primary amides is 2. The number of carbonyl (C=O) groups excluding carboxylic acids is 3. The number of nitrogens with two attached hydrogens (primary N) is 2. The molecule has 0 aromatic heterocycles. The number of hydrogen-bond donors (Lipinski definition) is 5. The van der Waals surface area contributed by atoms with Crippen molar-refractivity contribution in [1.29, 1.82) is 0 Å². The Morgan fingerprint density at radius 3 is 1.76 bits per heavy atom. The average molecular weight is 578 g/mol. The van der Waals surface area contributed by atoms with Gasteiger partial charge in [0.25, 0.3) is 0 Å². The zero-order valence-electron chi connectivity index (χ0n) is 18.4. The molecule has 10 nitrogen and oxygen atoms in total. The number of nitrogens with zero attached hydrogens (tertiary/aromatic N) is 1. The number of carbonyl (C=O) groups is 4. The Labute approximate surface area is 302 Å². The van der Waals surface area contributed by atoms with Crippen LogP contribution in [0.4, 0.5) is 0 Å². The van der Waals surface area contributed by atoms with E-state index in [2.05, 4.69) is 0 Å². The number of aliphatic hydroxyl groups is 2. The Balaban J connectivity index is 0.00000241. The van der Waals surface area contributed by atoms with Crippen molar-refractivity contribution in [1.82, 2.24) is 4.90 Å². The third kappa shape index (κ3) is 6.85. The van der Waals surface area contributed by atoms with Gasteiger partial charge in [0.1, 0.15) is 10.6 Å². The second-order valence-electron chi connectivity index (χ2n) is 8.44. The fourth-order valence-electron chi connectivity index (χ4n) is 4.35. The first-order valence-electron chi connectivity index (χ1n) is 10.7. The van der Waals surface area contributed by atoms with E-state index in [-0.39, 0.29) is 145 Å². The molecule has 186 valence electrons. The van der Waals surface area contributed by atoms with Crippen molar-refractivity contribution < 1.29 is 34.5 Å². The molecule has 0 aliphatic carbocycles. The zero-order chi connectivity index (χ0) is 25.5. The molecule has 4 rings (SSSR count).